The van der Waals surface area contributed by atoms with Crippen LogP contribution in [0.5, 0.6) is 0 Å². The number of carbonyl (C=O) groups is 1. The van der Waals surface area contributed by atoms with Gasteiger partial charge in [0.05, 0.1) is 0 Å². The summed E-state index contributed by atoms with van der Waals surface area (Å²) in [7, 11) is 0. The van der Waals surface area contributed by atoms with Crippen LogP contribution in [-0.2, 0) is 4.79 Å². The highest BCUT2D eigenvalue weighted by Crippen LogP contribution is 2.11. The summed E-state index contributed by atoms with van der Waals surface area (Å²) in [5.41, 5.74) is 0.971. The summed E-state index contributed by atoms with van der Waals surface area (Å²) in [6.45, 7) is 2.85. The summed E-state index contributed by atoms with van der Waals surface area (Å²) >= 11 is 5.80. The molecule has 0 bridgehead atoms. The molecule has 0 radical (unpaired) electrons. The monoisotopic (exact) mass is 278 g/mol. The Morgan fingerprint density at radius 3 is 2.89 bits per heavy atom. The van der Waals surface area contributed by atoms with E-state index >= 15 is 0 Å². The van der Waals surface area contributed by atoms with Crippen LogP contribution in [0.4, 0.5) is 0 Å². The third-order valence-corrected chi connectivity index (χ3v) is 3.51. The summed E-state index contributed by atoms with van der Waals surface area (Å²) in [6, 6.07) is 7.40. The maximum Gasteiger partial charge on any atom is 0.244 e. The topological polar surface area (TPSA) is 41.1 Å². The van der Waals surface area contributed by atoms with Crippen LogP contribution in [0, 0.1) is 5.92 Å². The number of benzene rings is 1. The Bertz CT molecular complexity index is 436. The molecule has 102 valence electrons. The van der Waals surface area contributed by atoms with E-state index in [1.54, 1.807) is 12.2 Å². The zero-order valence-corrected chi connectivity index (χ0v) is 11.6. The third kappa shape index (κ3) is 5.05. The minimum Gasteiger partial charge on any atom is -0.352 e. The Labute approximate surface area is 119 Å². The Morgan fingerprint density at radius 1 is 1.42 bits per heavy atom. The van der Waals surface area contributed by atoms with Crippen molar-refractivity contribution in [2.24, 2.45) is 5.92 Å². The molecule has 3 nitrogen and oxygen atoms in total. The smallest absolute Gasteiger partial charge is 0.244 e. The number of rotatable bonds is 4. The minimum absolute atomic E-state index is 0.0412. The second kappa shape index (κ2) is 7.31. The summed E-state index contributed by atoms with van der Waals surface area (Å²) in [4.78, 5) is 11.7. The summed E-state index contributed by atoms with van der Waals surface area (Å²) < 4.78 is 0. The fourth-order valence-corrected chi connectivity index (χ4v) is 2.27. The molecule has 0 spiro atoms. The van der Waals surface area contributed by atoms with E-state index in [9.17, 15) is 4.79 Å². The zero-order chi connectivity index (χ0) is 13.5. The van der Waals surface area contributed by atoms with Gasteiger partial charge in [-0.3, -0.25) is 4.79 Å². The molecule has 1 aromatic carbocycles. The molecule has 1 aliphatic rings. The van der Waals surface area contributed by atoms with E-state index in [0.29, 0.717) is 10.9 Å². The first-order valence-corrected chi connectivity index (χ1v) is 7.04. The van der Waals surface area contributed by atoms with Gasteiger partial charge >= 0.3 is 0 Å². The van der Waals surface area contributed by atoms with Crippen LogP contribution in [0.25, 0.3) is 6.08 Å². The molecule has 2 rings (SSSR count). The Morgan fingerprint density at radius 2 is 2.21 bits per heavy atom. The predicted octanol–water partition coefficient (Wildman–Crippen LogP) is 2.47. The number of halogens is 1. The fraction of sp³-hybridized carbons (Fsp3) is 0.400. The Kier molecular flexibility index (Phi) is 5.43. The van der Waals surface area contributed by atoms with E-state index in [4.69, 9.17) is 11.6 Å². The number of piperidine rings is 1. The number of carbonyl (C=O) groups excluding carboxylic acids is 1. The summed E-state index contributed by atoms with van der Waals surface area (Å²) in [6.07, 6.45) is 5.75. The van der Waals surface area contributed by atoms with Crippen molar-refractivity contribution < 1.29 is 4.79 Å². The van der Waals surface area contributed by atoms with Gasteiger partial charge in [-0.2, -0.15) is 0 Å². The first kappa shape index (κ1) is 14.1. The molecule has 2 N–H and O–H groups in total. The minimum atomic E-state index is -0.0412. The first-order chi connectivity index (χ1) is 9.24. The molecule has 1 atom stereocenters. The van der Waals surface area contributed by atoms with Crippen LogP contribution < -0.4 is 10.6 Å². The van der Waals surface area contributed by atoms with Gasteiger partial charge in [0, 0.05) is 17.6 Å². The molecule has 0 aliphatic carbocycles. The highest BCUT2D eigenvalue weighted by Gasteiger charge is 2.12. The van der Waals surface area contributed by atoms with Crippen LogP contribution in [-0.4, -0.2) is 25.5 Å². The van der Waals surface area contributed by atoms with Crippen LogP contribution in [0.3, 0.4) is 0 Å². The lowest BCUT2D eigenvalue weighted by Crippen LogP contribution is -2.37. The van der Waals surface area contributed by atoms with Gasteiger partial charge in [0.25, 0.3) is 0 Å². The van der Waals surface area contributed by atoms with Gasteiger partial charge in [-0.25, -0.2) is 0 Å². The highest BCUT2D eigenvalue weighted by atomic mass is 35.5. The molecule has 1 amide bonds. The standard InChI is InChI=1S/C15H19ClN2O/c16-14-6-3-12(4-7-14)5-8-15(19)18-11-13-2-1-9-17-10-13/h3-8,13,17H,1-2,9-11H2,(H,18,19). The molecule has 1 heterocycles. The van der Waals surface area contributed by atoms with Crippen LogP contribution >= 0.6 is 11.6 Å². The summed E-state index contributed by atoms with van der Waals surface area (Å²) in [5.74, 6) is 0.516. The van der Waals surface area contributed by atoms with Gasteiger partial charge in [-0.05, 0) is 55.6 Å². The quantitative estimate of drug-likeness (QED) is 0.831. The third-order valence-electron chi connectivity index (χ3n) is 3.26. The molecule has 0 aromatic heterocycles. The number of amides is 1. The zero-order valence-electron chi connectivity index (χ0n) is 10.9. The van der Waals surface area contributed by atoms with Crippen molar-refractivity contribution in [3.8, 4) is 0 Å². The van der Waals surface area contributed by atoms with Crippen molar-refractivity contribution in [3.63, 3.8) is 0 Å². The van der Waals surface area contributed by atoms with Crippen molar-refractivity contribution in [2.75, 3.05) is 19.6 Å². The number of hydrogen-bond donors (Lipinski definition) is 2. The first-order valence-electron chi connectivity index (χ1n) is 6.66. The maximum absolute atomic E-state index is 11.7. The lowest BCUT2D eigenvalue weighted by molar-refractivity contribution is -0.116. The molecule has 4 heteroatoms. The number of hydrogen-bond acceptors (Lipinski definition) is 2. The van der Waals surface area contributed by atoms with E-state index < -0.39 is 0 Å². The molecule has 1 aliphatic heterocycles. The molecular formula is C15H19ClN2O. The van der Waals surface area contributed by atoms with E-state index in [1.165, 1.54) is 12.8 Å². The SMILES string of the molecule is O=C(C=Cc1ccc(Cl)cc1)NCC1CCCNC1. The lowest BCUT2D eigenvalue weighted by atomic mass is 10.00. The van der Waals surface area contributed by atoms with Crippen molar-refractivity contribution >= 4 is 23.6 Å². The van der Waals surface area contributed by atoms with Crippen molar-refractivity contribution in [3.05, 3.63) is 40.9 Å². The Hall–Kier alpha value is -1.32. The van der Waals surface area contributed by atoms with E-state index in [2.05, 4.69) is 10.6 Å². The molecular weight excluding hydrogens is 260 g/mol. The van der Waals surface area contributed by atoms with Gasteiger partial charge in [0.15, 0.2) is 0 Å². The van der Waals surface area contributed by atoms with Crippen LogP contribution in [0.1, 0.15) is 18.4 Å². The van der Waals surface area contributed by atoms with Crippen LogP contribution in [0.2, 0.25) is 5.02 Å². The summed E-state index contributed by atoms with van der Waals surface area (Å²) in [5, 5.41) is 6.98. The fourth-order valence-electron chi connectivity index (χ4n) is 2.15. The molecule has 1 fully saturated rings. The van der Waals surface area contributed by atoms with Crippen LogP contribution in [0.15, 0.2) is 30.3 Å². The predicted molar refractivity (Wildman–Crippen MR) is 79.1 cm³/mol. The van der Waals surface area contributed by atoms with Gasteiger partial charge in [0.1, 0.15) is 0 Å². The second-order valence-corrected chi connectivity index (χ2v) is 5.28. The van der Waals surface area contributed by atoms with Crippen molar-refractivity contribution in [2.45, 2.75) is 12.8 Å². The molecule has 1 unspecified atom stereocenters. The van der Waals surface area contributed by atoms with Gasteiger partial charge in [-0.1, -0.05) is 23.7 Å². The highest BCUT2D eigenvalue weighted by molar-refractivity contribution is 6.30. The van der Waals surface area contributed by atoms with E-state index in [0.717, 1.165) is 25.2 Å². The molecule has 1 aromatic rings. The molecule has 19 heavy (non-hydrogen) atoms. The van der Waals surface area contributed by atoms with Crippen molar-refractivity contribution in [1.29, 1.82) is 0 Å². The van der Waals surface area contributed by atoms with E-state index in [-0.39, 0.29) is 5.91 Å². The number of nitrogens with one attached hydrogen (secondary N) is 2. The lowest BCUT2D eigenvalue weighted by Gasteiger charge is -2.22. The van der Waals surface area contributed by atoms with Gasteiger partial charge in [-0.15, -0.1) is 0 Å². The van der Waals surface area contributed by atoms with Crippen molar-refractivity contribution in [1.82, 2.24) is 10.6 Å². The Balaban J connectivity index is 1.75. The van der Waals surface area contributed by atoms with E-state index in [1.807, 2.05) is 24.3 Å². The largest absolute Gasteiger partial charge is 0.352 e. The second-order valence-electron chi connectivity index (χ2n) is 4.84. The average Bonchev–Trinajstić information content (AvgIpc) is 2.45. The van der Waals surface area contributed by atoms with Gasteiger partial charge in [0.2, 0.25) is 5.91 Å². The average molecular weight is 279 g/mol. The molecule has 1 saturated heterocycles. The molecule has 0 saturated carbocycles. The van der Waals surface area contributed by atoms with Gasteiger partial charge < -0.3 is 10.6 Å². The maximum atomic E-state index is 11.7. The normalized spacial score (nSPS) is 19.5.